The number of aromatic nitrogens is 1. The molecule has 38 heavy (non-hydrogen) atoms. The Morgan fingerprint density at radius 1 is 1.08 bits per heavy atom. The molecule has 2 aliphatic carbocycles. The topological polar surface area (TPSA) is 104 Å². The smallest absolute Gasteiger partial charge is 0.412 e. The molecule has 202 valence electrons. The third-order valence-corrected chi connectivity index (χ3v) is 11.1. The molecule has 10 heteroatoms. The van der Waals surface area contributed by atoms with Crippen LogP contribution in [-0.2, 0) is 22.0 Å². The number of sulfonamides is 1. The van der Waals surface area contributed by atoms with Gasteiger partial charge in [0.25, 0.3) is 0 Å². The van der Waals surface area contributed by atoms with Gasteiger partial charge in [0.1, 0.15) is 22.6 Å². The Balaban J connectivity index is 1.34. The van der Waals surface area contributed by atoms with Crippen LogP contribution in [0, 0.1) is 17.6 Å². The summed E-state index contributed by atoms with van der Waals surface area (Å²) in [6.45, 7) is 1.48. The van der Waals surface area contributed by atoms with Crippen LogP contribution >= 0.6 is 0 Å². The predicted octanol–water partition coefficient (Wildman–Crippen LogP) is 4.52. The summed E-state index contributed by atoms with van der Waals surface area (Å²) in [6, 6.07) is 10.7. The first-order chi connectivity index (χ1) is 18.0. The molecule has 2 aromatic carbocycles. The van der Waals surface area contributed by atoms with Gasteiger partial charge in [0.2, 0.25) is 10.0 Å². The second-order valence-electron chi connectivity index (χ2n) is 11.2. The van der Waals surface area contributed by atoms with Gasteiger partial charge in [-0.25, -0.2) is 22.0 Å². The van der Waals surface area contributed by atoms with Crippen LogP contribution in [0.4, 0.5) is 8.78 Å². The molecule has 1 saturated heterocycles. The molecule has 7 nitrogen and oxygen atoms in total. The Bertz CT molecular complexity index is 1520. The predicted molar refractivity (Wildman–Crippen MR) is 136 cm³/mol. The highest BCUT2D eigenvalue weighted by molar-refractivity contribution is 7.89. The fourth-order valence-corrected chi connectivity index (χ4v) is 8.70. The minimum Gasteiger partial charge on any atom is -0.412 e. The number of aliphatic hydroxyl groups is 1. The Labute approximate surface area is 219 Å². The van der Waals surface area contributed by atoms with Crippen LogP contribution in [0.5, 0.6) is 0 Å². The monoisotopic (exact) mass is 544 g/mol. The van der Waals surface area contributed by atoms with Gasteiger partial charge in [-0.3, -0.25) is 4.98 Å². The first kappa shape index (κ1) is 25.5. The number of benzene rings is 2. The number of rotatable bonds is 6. The Hall–Kier alpha value is -2.82. The Kier molecular flexibility index (Phi) is 5.93. The molecule has 2 atom stereocenters. The number of hydrogen-bond acceptors (Lipinski definition) is 5. The van der Waals surface area contributed by atoms with E-state index in [0.29, 0.717) is 18.4 Å². The molecule has 6 rings (SSSR count). The summed E-state index contributed by atoms with van der Waals surface area (Å²) in [6.07, 6.45) is 4.34. The van der Waals surface area contributed by atoms with Gasteiger partial charge in [0, 0.05) is 29.9 Å². The second-order valence-corrected chi connectivity index (χ2v) is 13.3. The molecule has 1 unspecified atom stereocenters. The van der Waals surface area contributed by atoms with E-state index in [2.05, 4.69) is 4.98 Å². The van der Waals surface area contributed by atoms with E-state index in [-0.39, 0.29) is 48.2 Å². The fourth-order valence-electron chi connectivity index (χ4n) is 6.51. The van der Waals surface area contributed by atoms with Crippen LogP contribution in [0.25, 0.3) is 0 Å². The Morgan fingerprint density at radius 2 is 1.79 bits per heavy atom. The SMILES string of the molecule is C[C@H]1CCC(c2ccccc2)S(=O)(=O)N1Cc1cc(F)c(C2(c3c[nH]c(=O)o3)CC(O)(C3CC3)C2)cc1F. The van der Waals surface area contributed by atoms with Crippen molar-refractivity contribution < 1.29 is 26.7 Å². The van der Waals surface area contributed by atoms with Crippen molar-refractivity contribution in [3.8, 4) is 0 Å². The molecule has 3 aliphatic rings. The van der Waals surface area contributed by atoms with Crippen LogP contribution in [0.15, 0.2) is 57.9 Å². The highest BCUT2D eigenvalue weighted by Crippen LogP contribution is 2.62. The quantitative estimate of drug-likeness (QED) is 0.475. The molecular weight excluding hydrogens is 514 g/mol. The van der Waals surface area contributed by atoms with Crippen molar-refractivity contribution in [1.82, 2.24) is 9.29 Å². The third-order valence-electron chi connectivity index (χ3n) is 8.72. The number of halogens is 2. The summed E-state index contributed by atoms with van der Waals surface area (Å²) in [5.74, 6) is -1.95. The van der Waals surface area contributed by atoms with Gasteiger partial charge in [-0.2, -0.15) is 4.31 Å². The van der Waals surface area contributed by atoms with Crippen molar-refractivity contribution in [3.63, 3.8) is 0 Å². The molecule has 0 amide bonds. The summed E-state index contributed by atoms with van der Waals surface area (Å²) >= 11 is 0. The lowest BCUT2D eigenvalue weighted by Crippen LogP contribution is -2.57. The van der Waals surface area contributed by atoms with Gasteiger partial charge in [-0.15, -0.1) is 0 Å². The van der Waals surface area contributed by atoms with E-state index in [1.54, 1.807) is 31.2 Å². The van der Waals surface area contributed by atoms with Gasteiger partial charge in [-0.05, 0) is 69.1 Å². The normalized spacial score (nSPS) is 31.2. The zero-order chi connectivity index (χ0) is 26.9. The summed E-state index contributed by atoms with van der Waals surface area (Å²) in [4.78, 5) is 14.2. The van der Waals surface area contributed by atoms with Gasteiger partial charge >= 0.3 is 5.76 Å². The van der Waals surface area contributed by atoms with Crippen molar-refractivity contribution in [2.24, 2.45) is 5.92 Å². The minimum atomic E-state index is -3.83. The number of H-pyrrole nitrogens is 1. The van der Waals surface area contributed by atoms with Crippen molar-refractivity contribution in [2.45, 2.75) is 74.3 Å². The highest BCUT2D eigenvalue weighted by Gasteiger charge is 2.63. The maximum Gasteiger partial charge on any atom is 0.416 e. The van der Waals surface area contributed by atoms with Crippen molar-refractivity contribution in [3.05, 3.63) is 93.3 Å². The first-order valence-corrected chi connectivity index (χ1v) is 14.5. The molecule has 2 saturated carbocycles. The molecule has 1 aliphatic heterocycles. The zero-order valence-corrected chi connectivity index (χ0v) is 21.8. The van der Waals surface area contributed by atoms with Gasteiger partial charge in [0.15, 0.2) is 0 Å². The summed E-state index contributed by atoms with van der Waals surface area (Å²) in [7, 11) is -3.83. The maximum absolute atomic E-state index is 15.7. The van der Waals surface area contributed by atoms with Crippen molar-refractivity contribution in [2.75, 3.05) is 0 Å². The number of hydrogen-bond donors (Lipinski definition) is 2. The van der Waals surface area contributed by atoms with Gasteiger partial charge in [-0.1, -0.05) is 30.3 Å². The van der Waals surface area contributed by atoms with Crippen molar-refractivity contribution >= 4 is 10.0 Å². The molecule has 2 N–H and O–H groups in total. The second kappa shape index (κ2) is 8.86. The lowest BCUT2D eigenvalue weighted by molar-refractivity contribution is -0.101. The molecule has 3 fully saturated rings. The molecular formula is C28H30F2N2O5S. The van der Waals surface area contributed by atoms with Gasteiger partial charge in [0.05, 0.1) is 11.0 Å². The lowest BCUT2D eigenvalue weighted by Gasteiger charge is -2.53. The Morgan fingerprint density at radius 3 is 2.42 bits per heavy atom. The van der Waals surface area contributed by atoms with Crippen LogP contribution in [0.3, 0.4) is 0 Å². The van der Waals surface area contributed by atoms with E-state index in [4.69, 9.17) is 4.42 Å². The van der Waals surface area contributed by atoms with E-state index >= 15 is 8.78 Å². The average molecular weight is 545 g/mol. The highest BCUT2D eigenvalue weighted by atomic mass is 32.2. The first-order valence-electron chi connectivity index (χ1n) is 13.0. The number of aromatic amines is 1. The summed E-state index contributed by atoms with van der Waals surface area (Å²) in [5.41, 5.74) is -1.62. The largest absolute Gasteiger partial charge is 0.416 e. The maximum atomic E-state index is 15.7. The van der Waals surface area contributed by atoms with Gasteiger partial charge < -0.3 is 9.52 Å². The average Bonchev–Trinajstić information content (AvgIpc) is 3.63. The molecule has 0 spiro atoms. The lowest BCUT2D eigenvalue weighted by atomic mass is 9.53. The third kappa shape index (κ3) is 4.04. The summed E-state index contributed by atoms with van der Waals surface area (Å²) < 4.78 is 65.0. The van der Waals surface area contributed by atoms with E-state index in [1.165, 1.54) is 10.5 Å². The van der Waals surface area contributed by atoms with E-state index in [1.807, 2.05) is 6.07 Å². The standard InChI is InChI=1S/C28H30F2N2O5S/c1-17-7-10-24(18-5-3-2-4-6-18)38(35,36)32(17)14-19-11-23(30)21(12-22(19)29)27(25-13-31-26(33)37-25)15-28(34,16-27)20-8-9-20/h2-6,11-13,17,20,24,34H,7-10,14-16H2,1H3,(H,31,33)/t17-,24?,27?,28?/m0/s1. The van der Waals surface area contributed by atoms with Crippen molar-refractivity contribution in [1.29, 1.82) is 0 Å². The van der Waals surface area contributed by atoms with E-state index in [0.717, 1.165) is 25.0 Å². The van der Waals surface area contributed by atoms with Crippen LogP contribution in [-0.4, -0.2) is 34.5 Å². The minimum absolute atomic E-state index is 0.0106. The molecule has 1 aromatic heterocycles. The van der Waals surface area contributed by atoms with E-state index in [9.17, 15) is 18.3 Å². The summed E-state index contributed by atoms with van der Waals surface area (Å²) in [5, 5.41) is 10.3. The molecule has 2 heterocycles. The molecule has 0 radical (unpaired) electrons. The number of nitrogens with zero attached hydrogens (tertiary/aromatic N) is 1. The van der Waals surface area contributed by atoms with E-state index < -0.39 is 43.7 Å². The van der Waals surface area contributed by atoms with Crippen LogP contribution < -0.4 is 5.76 Å². The van der Waals surface area contributed by atoms with Crippen LogP contribution in [0.1, 0.15) is 73.1 Å². The number of nitrogens with one attached hydrogen (secondary N) is 1. The molecule has 0 bridgehead atoms. The zero-order valence-electron chi connectivity index (χ0n) is 21.0. The van der Waals surface area contributed by atoms with Crippen LogP contribution in [0.2, 0.25) is 0 Å². The molecule has 3 aromatic rings. The fraction of sp³-hybridized carbons (Fsp3) is 0.464. The number of oxazole rings is 1.